The molecule has 7 nitrogen and oxygen atoms in total. The van der Waals surface area contributed by atoms with Crippen LogP contribution in [-0.4, -0.2) is 65.6 Å². The molecule has 0 spiro atoms. The van der Waals surface area contributed by atoms with Crippen LogP contribution in [0.25, 0.3) is 0 Å². The number of carbonyl (C=O) groups is 1. The number of halogens is 2. The molecule has 1 aliphatic heterocycles. The smallest absolute Gasteiger partial charge is 0.273 e. The van der Waals surface area contributed by atoms with Gasteiger partial charge in [-0.2, -0.15) is 0 Å². The highest BCUT2D eigenvalue weighted by Gasteiger charge is 2.21. The van der Waals surface area contributed by atoms with E-state index in [4.69, 9.17) is 0 Å². The minimum Gasteiger partial charge on any atom is -0.347 e. The Morgan fingerprint density at radius 2 is 2.00 bits per heavy atom. The fourth-order valence-corrected chi connectivity index (χ4v) is 3.08. The lowest BCUT2D eigenvalue weighted by molar-refractivity contribution is 0.0919. The Morgan fingerprint density at radius 1 is 1.36 bits per heavy atom. The first-order valence-electron chi connectivity index (χ1n) is 8.54. The van der Waals surface area contributed by atoms with Gasteiger partial charge in [-0.15, -0.1) is 29.9 Å². The van der Waals surface area contributed by atoms with Crippen molar-refractivity contribution in [2.45, 2.75) is 45.2 Å². The highest BCUT2D eigenvalue weighted by Crippen LogP contribution is 2.17. The molecule has 1 saturated heterocycles. The molecule has 0 radical (unpaired) electrons. The molecule has 1 atom stereocenters. The third kappa shape index (κ3) is 7.90. The Balaban J connectivity index is 0.00000288. The maximum atomic E-state index is 12.5. The van der Waals surface area contributed by atoms with Gasteiger partial charge in [0, 0.05) is 12.6 Å². The third-order valence-electron chi connectivity index (χ3n) is 4.10. The topological polar surface area (TPSA) is 75.1 Å². The van der Waals surface area contributed by atoms with Crippen molar-refractivity contribution >= 4 is 30.7 Å². The summed E-state index contributed by atoms with van der Waals surface area (Å²) in [5.41, 5.74) is 0.413. The molecule has 0 bridgehead atoms. The normalized spacial score (nSPS) is 16.2. The quantitative estimate of drug-likeness (QED) is 0.736. The average molecular weight is 395 g/mol. The molecule has 1 fully saturated rings. The van der Waals surface area contributed by atoms with E-state index < -0.39 is 0 Å². The second-order valence-electron chi connectivity index (χ2n) is 7.13. The molecule has 1 aromatic heterocycles. The zero-order chi connectivity index (χ0) is 16.8. The van der Waals surface area contributed by atoms with Crippen molar-refractivity contribution in [3.05, 3.63) is 11.9 Å². The number of aromatic nitrogens is 3. The summed E-state index contributed by atoms with van der Waals surface area (Å²) in [4.78, 5) is 14.6. The summed E-state index contributed by atoms with van der Waals surface area (Å²) < 4.78 is 1.85. The lowest BCUT2D eigenvalue weighted by atomic mass is 10.0. The Hall–Kier alpha value is -0.890. The summed E-state index contributed by atoms with van der Waals surface area (Å²) in [6.07, 6.45) is 4.79. The van der Waals surface area contributed by atoms with Gasteiger partial charge in [-0.05, 0) is 52.4 Å². The number of nitrogens with zero attached hydrogens (tertiary/aromatic N) is 4. The van der Waals surface area contributed by atoms with Gasteiger partial charge in [-0.1, -0.05) is 19.1 Å². The van der Waals surface area contributed by atoms with Crippen LogP contribution in [0.5, 0.6) is 0 Å². The van der Waals surface area contributed by atoms with E-state index in [2.05, 4.69) is 39.7 Å². The highest BCUT2D eigenvalue weighted by molar-refractivity contribution is 5.92. The summed E-state index contributed by atoms with van der Waals surface area (Å²) >= 11 is 0. The third-order valence-corrected chi connectivity index (χ3v) is 4.10. The van der Waals surface area contributed by atoms with E-state index in [0.717, 1.165) is 38.9 Å². The molecule has 0 aromatic carbocycles. The van der Waals surface area contributed by atoms with Gasteiger partial charge in [-0.25, -0.2) is 4.68 Å². The van der Waals surface area contributed by atoms with E-state index in [0.29, 0.717) is 17.7 Å². The van der Waals surface area contributed by atoms with E-state index in [1.807, 2.05) is 18.8 Å². The molecular formula is C16H32Cl2N6O. The number of nitrogens with one attached hydrogen (secondary N) is 2. The van der Waals surface area contributed by atoms with E-state index in [1.54, 1.807) is 6.20 Å². The van der Waals surface area contributed by atoms with Crippen LogP contribution in [-0.2, 0) is 0 Å². The molecule has 25 heavy (non-hydrogen) atoms. The molecule has 9 heteroatoms. The predicted molar refractivity (Wildman–Crippen MR) is 105 cm³/mol. The van der Waals surface area contributed by atoms with Crippen LogP contribution in [0.2, 0.25) is 0 Å². The minimum atomic E-state index is -0.127. The number of amides is 1. The Kier molecular flexibility index (Phi) is 11.3. The number of hydrogen-bond acceptors (Lipinski definition) is 5. The van der Waals surface area contributed by atoms with Crippen LogP contribution in [0.3, 0.4) is 0 Å². The van der Waals surface area contributed by atoms with Crippen LogP contribution in [0, 0.1) is 5.92 Å². The molecule has 2 N–H and O–H groups in total. The van der Waals surface area contributed by atoms with Gasteiger partial charge in [0.2, 0.25) is 0 Å². The van der Waals surface area contributed by atoms with E-state index in [1.165, 1.54) is 0 Å². The lowest BCUT2D eigenvalue weighted by Gasteiger charge is -2.23. The van der Waals surface area contributed by atoms with Crippen molar-refractivity contribution in [3.8, 4) is 0 Å². The molecule has 0 saturated carbocycles. The highest BCUT2D eigenvalue weighted by atomic mass is 35.5. The number of piperidine rings is 1. The second kappa shape index (κ2) is 11.7. The molecule has 1 aromatic rings. The zero-order valence-corrected chi connectivity index (χ0v) is 17.2. The van der Waals surface area contributed by atoms with Crippen molar-refractivity contribution in [1.82, 2.24) is 30.5 Å². The van der Waals surface area contributed by atoms with Crippen LogP contribution < -0.4 is 10.6 Å². The summed E-state index contributed by atoms with van der Waals surface area (Å²) in [6.45, 7) is 7.15. The van der Waals surface area contributed by atoms with Gasteiger partial charge in [0.25, 0.3) is 5.91 Å². The van der Waals surface area contributed by atoms with Crippen LogP contribution >= 0.6 is 24.8 Å². The maximum absolute atomic E-state index is 12.5. The first kappa shape index (κ1) is 24.1. The van der Waals surface area contributed by atoms with Gasteiger partial charge in [-0.3, -0.25) is 4.79 Å². The van der Waals surface area contributed by atoms with Crippen molar-refractivity contribution in [2.24, 2.45) is 5.92 Å². The van der Waals surface area contributed by atoms with Gasteiger partial charge in [0.05, 0.1) is 12.2 Å². The van der Waals surface area contributed by atoms with E-state index in [-0.39, 0.29) is 36.8 Å². The van der Waals surface area contributed by atoms with Gasteiger partial charge >= 0.3 is 0 Å². The fourth-order valence-electron chi connectivity index (χ4n) is 3.08. The standard InChI is InChI=1S/C16H30N6O.2ClH/c1-12(2)9-13(10-21(3)4)18-16(23)15-11-22(20-19-15)14-5-7-17-8-6-14;;/h11-14,17H,5-10H2,1-4H3,(H,18,23);2*1H. The van der Waals surface area contributed by atoms with Crippen molar-refractivity contribution < 1.29 is 4.79 Å². The van der Waals surface area contributed by atoms with Gasteiger partial charge < -0.3 is 15.5 Å². The monoisotopic (exact) mass is 394 g/mol. The summed E-state index contributed by atoms with van der Waals surface area (Å²) in [5.74, 6) is 0.406. The molecule has 0 aliphatic carbocycles. The Bertz CT molecular complexity index is 493. The van der Waals surface area contributed by atoms with Crippen molar-refractivity contribution in [3.63, 3.8) is 0 Å². The first-order chi connectivity index (χ1) is 11.0. The molecule has 1 aliphatic rings. The number of likely N-dealkylation sites (N-methyl/N-ethyl adjacent to an activating group) is 1. The van der Waals surface area contributed by atoms with Crippen LogP contribution in [0.4, 0.5) is 0 Å². The number of carbonyl (C=O) groups excluding carboxylic acids is 1. The van der Waals surface area contributed by atoms with Gasteiger partial charge in [0.1, 0.15) is 0 Å². The Labute approximate surface area is 163 Å². The van der Waals surface area contributed by atoms with E-state index >= 15 is 0 Å². The number of hydrogen-bond donors (Lipinski definition) is 2. The van der Waals surface area contributed by atoms with Gasteiger partial charge in [0.15, 0.2) is 5.69 Å². The van der Waals surface area contributed by atoms with Crippen LogP contribution in [0.15, 0.2) is 6.20 Å². The molecule has 146 valence electrons. The lowest BCUT2D eigenvalue weighted by Crippen LogP contribution is -2.42. The molecule has 2 rings (SSSR count). The van der Waals surface area contributed by atoms with E-state index in [9.17, 15) is 4.79 Å². The van der Waals surface area contributed by atoms with Crippen LogP contribution in [0.1, 0.15) is 49.6 Å². The zero-order valence-electron chi connectivity index (χ0n) is 15.6. The molecule has 2 heterocycles. The van der Waals surface area contributed by atoms with Crippen molar-refractivity contribution in [1.29, 1.82) is 0 Å². The predicted octanol–water partition coefficient (Wildman–Crippen LogP) is 1.75. The summed E-state index contributed by atoms with van der Waals surface area (Å²) in [6, 6.07) is 0.472. The molecule has 1 unspecified atom stereocenters. The fraction of sp³-hybridized carbons (Fsp3) is 0.812. The second-order valence-corrected chi connectivity index (χ2v) is 7.13. The SMILES string of the molecule is CC(C)CC(CN(C)C)NC(=O)c1cn(C2CCNCC2)nn1.Cl.Cl. The maximum Gasteiger partial charge on any atom is 0.273 e. The van der Waals surface area contributed by atoms with Crippen molar-refractivity contribution in [2.75, 3.05) is 33.7 Å². The minimum absolute atomic E-state index is 0. The summed E-state index contributed by atoms with van der Waals surface area (Å²) in [5, 5.41) is 14.7. The Morgan fingerprint density at radius 3 is 2.56 bits per heavy atom. The molecule has 1 amide bonds. The molecular weight excluding hydrogens is 363 g/mol. The number of rotatable bonds is 7. The average Bonchev–Trinajstić information content (AvgIpc) is 2.96. The summed E-state index contributed by atoms with van der Waals surface area (Å²) in [7, 11) is 4.04. The largest absolute Gasteiger partial charge is 0.347 e. The first-order valence-corrected chi connectivity index (χ1v) is 8.54.